The molecule has 0 bridgehead atoms. The number of unbranched alkanes of at least 4 members (excludes halogenated alkanes) is 2. The summed E-state index contributed by atoms with van der Waals surface area (Å²) in [6.45, 7) is 4.42. The van der Waals surface area contributed by atoms with Crippen LogP contribution in [-0.4, -0.2) is 29.8 Å². The molecule has 0 atom stereocenters. The van der Waals surface area contributed by atoms with Crippen LogP contribution in [0.4, 0.5) is 5.69 Å². The molecule has 0 heterocycles. The molecule has 107 valence electrons. The van der Waals surface area contributed by atoms with Gasteiger partial charge in [0.15, 0.2) is 11.2 Å². The maximum atomic E-state index is 12.0. The monoisotopic (exact) mass is 461 g/mol. The molecule has 0 fully saturated rings. The first kappa shape index (κ1) is 18.2. The molecule has 0 unspecified atom stereocenters. The van der Waals surface area contributed by atoms with Gasteiger partial charge < -0.3 is 6.92 Å². The van der Waals surface area contributed by atoms with Gasteiger partial charge >= 0.3 is 32.9 Å². The average molecular weight is 460 g/mol. The molecule has 0 aliphatic carbocycles. The van der Waals surface area contributed by atoms with E-state index in [2.05, 4.69) is 16.6 Å². The van der Waals surface area contributed by atoms with Crippen molar-refractivity contribution in [3.63, 3.8) is 0 Å². The number of halogens is 1. The molecule has 1 rings (SSSR count). The van der Waals surface area contributed by atoms with Crippen molar-refractivity contribution in [2.24, 2.45) is 0 Å². The van der Waals surface area contributed by atoms with Crippen LogP contribution in [0.5, 0.6) is 0 Å². The second-order valence-electron chi connectivity index (χ2n) is 3.89. The van der Waals surface area contributed by atoms with Gasteiger partial charge in [0.1, 0.15) is 0 Å². The average Bonchev–Trinajstić information content (AvgIpc) is 2.48. The van der Waals surface area contributed by atoms with Crippen molar-refractivity contribution in [1.82, 2.24) is 5.01 Å². The van der Waals surface area contributed by atoms with Crippen molar-refractivity contribution >= 4 is 21.6 Å². The van der Waals surface area contributed by atoms with Crippen LogP contribution in [0.1, 0.15) is 29.6 Å². The second kappa shape index (κ2) is 11.1. The fourth-order valence-corrected chi connectivity index (χ4v) is 1.55. The van der Waals surface area contributed by atoms with Crippen LogP contribution in [0, 0.1) is 11.8 Å². The molecule has 0 aliphatic rings. The molecule has 0 spiro atoms. The number of benzene rings is 1. The summed E-state index contributed by atoms with van der Waals surface area (Å²) >= 11 is 1.33. The van der Waals surface area contributed by atoms with E-state index < -0.39 is 0 Å². The van der Waals surface area contributed by atoms with E-state index in [9.17, 15) is 9.70 Å². The number of para-hydroxylation sites is 1. The van der Waals surface area contributed by atoms with Gasteiger partial charge in [0.2, 0.25) is 0 Å². The minimum absolute atomic E-state index is 0.389. The summed E-state index contributed by atoms with van der Waals surface area (Å²) in [5.41, 5.74) is 0.797. The molecule has 0 aromatic heterocycles. The molecule has 0 saturated heterocycles. The molecule has 1 aromatic carbocycles. The van der Waals surface area contributed by atoms with E-state index in [0.717, 1.165) is 24.1 Å². The summed E-state index contributed by atoms with van der Waals surface area (Å²) < 4.78 is 0. The zero-order chi connectivity index (χ0) is 14.7. The van der Waals surface area contributed by atoms with E-state index >= 15 is 0 Å². The molecular weight excluding hydrogens is 442 g/mol. The van der Waals surface area contributed by atoms with Crippen LogP contribution in [0.2, 0.25) is 0 Å². The van der Waals surface area contributed by atoms with Gasteiger partial charge in [0, 0.05) is 6.07 Å². The Labute approximate surface area is 128 Å². The molecular formula is C13H18ClN2O2Os. The summed E-state index contributed by atoms with van der Waals surface area (Å²) in [6.07, 6.45) is 3.48. The number of hydrogen-bond acceptors (Lipinski definition) is 2. The molecule has 4 nitrogen and oxygen atoms in total. The van der Waals surface area contributed by atoms with Crippen LogP contribution in [0.15, 0.2) is 24.3 Å². The van der Waals surface area contributed by atoms with Crippen LogP contribution in [-0.2, 0) is 17.6 Å². The zero-order valence-electron chi connectivity index (χ0n) is 10.9. The summed E-state index contributed by atoms with van der Waals surface area (Å²) in [7, 11) is 6.39. The Morgan fingerprint density at radius 3 is 2.58 bits per heavy atom. The van der Waals surface area contributed by atoms with E-state index in [-0.39, 0.29) is 0 Å². The van der Waals surface area contributed by atoms with Crippen LogP contribution in [0.25, 0.3) is 0 Å². The SMILES string of the molecule is [CH2-]CCCCN(C)[N+](=O)c1ccccc1C=O.[Cl][Os]. The number of rotatable bonds is 7. The van der Waals surface area contributed by atoms with Crippen LogP contribution < -0.4 is 0 Å². The van der Waals surface area contributed by atoms with Gasteiger partial charge in [0.25, 0.3) is 0 Å². The Morgan fingerprint density at radius 1 is 1.37 bits per heavy atom. The fraction of sp³-hybridized carbons (Fsp3) is 0.385. The van der Waals surface area contributed by atoms with Gasteiger partial charge in [0.05, 0.1) is 24.1 Å². The van der Waals surface area contributed by atoms with Crippen molar-refractivity contribution in [3.8, 4) is 0 Å². The molecule has 0 N–H and O–H groups in total. The van der Waals surface area contributed by atoms with Gasteiger partial charge in [-0.2, -0.15) is 6.42 Å². The Kier molecular flexibility index (Phi) is 10.6. The number of hydrazine groups is 1. The van der Waals surface area contributed by atoms with Gasteiger partial charge in [-0.15, -0.1) is 5.01 Å². The first-order chi connectivity index (χ1) is 9.20. The molecule has 0 radical (unpaired) electrons. The van der Waals surface area contributed by atoms with E-state index in [1.807, 2.05) is 0 Å². The van der Waals surface area contributed by atoms with E-state index in [1.165, 1.54) is 17.6 Å². The van der Waals surface area contributed by atoms with Gasteiger partial charge in [-0.3, -0.25) is 4.79 Å². The van der Waals surface area contributed by atoms with E-state index in [1.54, 1.807) is 36.3 Å². The zero-order valence-corrected chi connectivity index (χ0v) is 14.2. The van der Waals surface area contributed by atoms with Crippen molar-refractivity contribution < 1.29 is 27.3 Å². The third-order valence-corrected chi connectivity index (χ3v) is 2.56. The van der Waals surface area contributed by atoms with Crippen molar-refractivity contribution in [1.29, 1.82) is 0 Å². The Morgan fingerprint density at radius 2 is 2.00 bits per heavy atom. The van der Waals surface area contributed by atoms with Crippen molar-refractivity contribution in [2.45, 2.75) is 19.3 Å². The first-order valence-corrected chi connectivity index (χ1v) is 9.00. The van der Waals surface area contributed by atoms with Crippen LogP contribution in [0.3, 0.4) is 0 Å². The van der Waals surface area contributed by atoms with Crippen molar-refractivity contribution in [2.75, 3.05) is 13.6 Å². The molecule has 0 saturated carbocycles. The topological polar surface area (TPSA) is 40.4 Å². The minimum atomic E-state index is 0.389. The molecule has 1 aromatic rings. The Bertz CT molecular complexity index is 402. The molecule has 0 amide bonds. The normalized spacial score (nSPS) is 9.26. The van der Waals surface area contributed by atoms with Crippen LogP contribution >= 0.6 is 9.64 Å². The number of nitroso groups, excluding NO2 is 1. The summed E-state index contributed by atoms with van der Waals surface area (Å²) in [6, 6.07) is 6.77. The summed E-state index contributed by atoms with van der Waals surface area (Å²) in [5.74, 6) is 0. The van der Waals surface area contributed by atoms with Gasteiger partial charge in [-0.1, -0.05) is 18.6 Å². The second-order valence-corrected chi connectivity index (χ2v) is 3.89. The number of carbonyl (C=O) groups excluding carboxylic acids is 1. The third-order valence-electron chi connectivity index (χ3n) is 2.56. The Hall–Kier alpha value is -0.784. The predicted octanol–water partition coefficient (Wildman–Crippen LogP) is 3.45. The van der Waals surface area contributed by atoms with Crippen molar-refractivity contribution in [3.05, 3.63) is 41.7 Å². The standard InChI is InChI=1S/C13H18N2O2.ClH.Os/c1-3-4-7-10-14(2)15(17)13-9-6-5-8-12(13)11-16;;/h5-6,8-9,11H,1,3-4,7,10H2,2H3;1H;/q;;+1/p-1. The van der Waals surface area contributed by atoms with E-state index in [4.69, 9.17) is 0 Å². The number of hydrogen-bond donors (Lipinski definition) is 0. The van der Waals surface area contributed by atoms with Gasteiger partial charge in [-0.05, 0) is 12.5 Å². The number of carbonyl (C=O) groups is 1. The summed E-state index contributed by atoms with van der Waals surface area (Å²) in [4.78, 5) is 23.6. The fourth-order valence-electron chi connectivity index (χ4n) is 1.55. The first-order valence-electron chi connectivity index (χ1n) is 5.85. The number of aldehydes is 1. The van der Waals surface area contributed by atoms with E-state index in [0.29, 0.717) is 24.1 Å². The Balaban J connectivity index is 0.00000154. The van der Waals surface area contributed by atoms with Gasteiger partial charge in [-0.25, -0.2) is 0 Å². The maximum absolute atomic E-state index is 12.0. The molecule has 6 heteroatoms. The number of nitrogens with zero attached hydrogens (tertiary/aromatic N) is 2. The quantitative estimate of drug-likeness (QED) is 0.206. The molecule has 0 aliphatic heterocycles. The third kappa shape index (κ3) is 6.27. The summed E-state index contributed by atoms with van der Waals surface area (Å²) in [5, 5.41) is 1.57. The molecule has 19 heavy (non-hydrogen) atoms. The predicted molar refractivity (Wildman–Crippen MR) is 72.8 cm³/mol.